The van der Waals surface area contributed by atoms with E-state index >= 15 is 0 Å². The van der Waals surface area contributed by atoms with Crippen LogP contribution in [0.2, 0.25) is 0 Å². The van der Waals surface area contributed by atoms with Crippen molar-refractivity contribution in [3.8, 4) is 11.8 Å². The number of nitrogens with zero attached hydrogens (tertiary/aromatic N) is 3. The fraction of sp³-hybridized carbons (Fsp3) is 0.500. The molecule has 4 nitrogen and oxygen atoms in total. The van der Waals surface area contributed by atoms with Crippen LogP contribution in [0.1, 0.15) is 38.7 Å². The van der Waals surface area contributed by atoms with E-state index in [0.717, 1.165) is 23.8 Å². The van der Waals surface area contributed by atoms with Crippen LogP contribution < -0.4 is 10.2 Å². The highest BCUT2D eigenvalue weighted by Crippen LogP contribution is 2.21. The van der Waals surface area contributed by atoms with Gasteiger partial charge in [0.1, 0.15) is 0 Å². The second-order valence-electron chi connectivity index (χ2n) is 5.51. The third-order valence-electron chi connectivity index (χ3n) is 3.79. The van der Waals surface area contributed by atoms with Gasteiger partial charge >= 0.3 is 0 Å². The summed E-state index contributed by atoms with van der Waals surface area (Å²) in [6, 6.07) is 0.530. The molecule has 2 atom stereocenters. The highest BCUT2D eigenvalue weighted by molar-refractivity contribution is 8.02. The van der Waals surface area contributed by atoms with Gasteiger partial charge in [-0.15, -0.1) is 11.8 Å². The Labute approximate surface area is 130 Å². The Morgan fingerprint density at radius 1 is 1.24 bits per heavy atom. The molecule has 0 spiro atoms. The van der Waals surface area contributed by atoms with Gasteiger partial charge in [0.15, 0.2) is 0 Å². The third kappa shape index (κ3) is 3.51. The summed E-state index contributed by atoms with van der Waals surface area (Å²) in [4.78, 5) is 11.3. The molecule has 0 saturated carbocycles. The first kappa shape index (κ1) is 14.3. The smallest absolute Gasteiger partial charge is 0.225 e. The number of nitrogens with one attached hydrogen (secondary N) is 1. The predicted molar refractivity (Wildman–Crippen MR) is 87.8 cm³/mol. The summed E-state index contributed by atoms with van der Waals surface area (Å²) in [6.07, 6.45) is 7.40. The van der Waals surface area contributed by atoms with E-state index in [-0.39, 0.29) is 0 Å². The monoisotopic (exact) mass is 300 g/mol. The van der Waals surface area contributed by atoms with Crippen molar-refractivity contribution >= 4 is 17.7 Å². The minimum Gasteiger partial charge on any atom is -0.366 e. The van der Waals surface area contributed by atoms with Gasteiger partial charge < -0.3 is 10.2 Å². The van der Waals surface area contributed by atoms with Gasteiger partial charge in [-0.25, -0.2) is 9.97 Å². The first-order valence-corrected chi connectivity index (χ1v) is 8.39. The molecule has 0 bridgehead atoms. The molecule has 2 aliphatic heterocycles. The Balaban J connectivity index is 1.68. The van der Waals surface area contributed by atoms with Crippen molar-refractivity contribution in [2.45, 2.75) is 44.5 Å². The Morgan fingerprint density at radius 3 is 2.71 bits per heavy atom. The van der Waals surface area contributed by atoms with Gasteiger partial charge in [-0.05, 0) is 39.0 Å². The van der Waals surface area contributed by atoms with E-state index in [9.17, 15) is 0 Å². The number of aromatic nitrogens is 2. The molecule has 0 radical (unpaired) electrons. The second-order valence-corrected chi connectivity index (χ2v) is 6.73. The number of hydrogen-bond donors (Lipinski definition) is 1. The predicted octanol–water partition coefficient (Wildman–Crippen LogP) is 2.73. The Bertz CT molecular complexity index is 585. The standard InChI is InChI=1S/C16H20N4S/c1-12-5-3-4-8-20(12)16-17-9-14(10-18-16)6-7-15-11-21-13(2)19-15/h9-13,19H,3-5,8H2,1-2H3. The summed E-state index contributed by atoms with van der Waals surface area (Å²) >= 11 is 1.75. The Hall–Kier alpha value is -1.67. The minimum atomic E-state index is 0.411. The minimum absolute atomic E-state index is 0.411. The summed E-state index contributed by atoms with van der Waals surface area (Å²) in [5.74, 6) is 7.06. The van der Waals surface area contributed by atoms with Gasteiger partial charge in [-0.1, -0.05) is 5.92 Å². The van der Waals surface area contributed by atoms with E-state index < -0.39 is 0 Å². The highest BCUT2D eigenvalue weighted by atomic mass is 32.2. The summed E-state index contributed by atoms with van der Waals surface area (Å²) in [5, 5.41) is 5.76. The molecule has 110 valence electrons. The molecule has 1 saturated heterocycles. The van der Waals surface area contributed by atoms with Crippen LogP contribution >= 0.6 is 11.8 Å². The Morgan fingerprint density at radius 2 is 2.05 bits per heavy atom. The first-order chi connectivity index (χ1) is 10.2. The molecule has 1 fully saturated rings. The first-order valence-electron chi connectivity index (χ1n) is 7.45. The van der Waals surface area contributed by atoms with Gasteiger partial charge in [0, 0.05) is 30.4 Å². The molecule has 21 heavy (non-hydrogen) atoms. The normalized spacial score (nSPS) is 24.9. The fourth-order valence-electron chi connectivity index (χ4n) is 2.59. The van der Waals surface area contributed by atoms with Crippen molar-refractivity contribution in [3.63, 3.8) is 0 Å². The number of anilines is 1. The van der Waals surface area contributed by atoms with E-state index in [0.29, 0.717) is 11.4 Å². The van der Waals surface area contributed by atoms with Gasteiger partial charge in [0.05, 0.1) is 16.6 Å². The molecule has 0 aromatic carbocycles. The molecule has 0 amide bonds. The number of hydrogen-bond acceptors (Lipinski definition) is 5. The molecule has 5 heteroatoms. The quantitative estimate of drug-likeness (QED) is 0.808. The van der Waals surface area contributed by atoms with Crippen molar-refractivity contribution in [1.82, 2.24) is 15.3 Å². The summed E-state index contributed by atoms with van der Waals surface area (Å²) < 4.78 is 0. The van der Waals surface area contributed by atoms with Gasteiger partial charge in [0.25, 0.3) is 0 Å². The maximum absolute atomic E-state index is 4.48. The number of allylic oxidation sites excluding steroid dienone is 1. The molecule has 0 aliphatic carbocycles. The molecular formula is C16H20N4S. The average Bonchev–Trinajstić information content (AvgIpc) is 2.92. The summed E-state index contributed by atoms with van der Waals surface area (Å²) in [5.41, 5.74) is 1.83. The lowest BCUT2D eigenvalue weighted by Gasteiger charge is -2.33. The molecule has 1 aromatic rings. The van der Waals surface area contributed by atoms with E-state index in [2.05, 4.69) is 51.3 Å². The van der Waals surface area contributed by atoms with Crippen LogP contribution in [0.3, 0.4) is 0 Å². The lowest BCUT2D eigenvalue weighted by Crippen LogP contribution is -2.38. The van der Waals surface area contributed by atoms with Crippen molar-refractivity contribution in [2.75, 3.05) is 11.4 Å². The van der Waals surface area contributed by atoms with Crippen molar-refractivity contribution in [3.05, 3.63) is 29.1 Å². The van der Waals surface area contributed by atoms with Gasteiger partial charge in [0.2, 0.25) is 5.95 Å². The zero-order valence-corrected chi connectivity index (χ0v) is 13.3. The van der Waals surface area contributed by atoms with Crippen LogP contribution in [0.5, 0.6) is 0 Å². The molecule has 1 N–H and O–H groups in total. The number of rotatable bonds is 1. The van der Waals surface area contributed by atoms with Gasteiger partial charge in [-0.2, -0.15) is 0 Å². The fourth-order valence-corrected chi connectivity index (χ4v) is 3.25. The maximum Gasteiger partial charge on any atom is 0.225 e. The van der Waals surface area contributed by atoms with Crippen LogP contribution in [-0.4, -0.2) is 27.9 Å². The van der Waals surface area contributed by atoms with Crippen molar-refractivity contribution in [1.29, 1.82) is 0 Å². The number of piperidine rings is 1. The van der Waals surface area contributed by atoms with Crippen LogP contribution in [0, 0.1) is 11.8 Å². The van der Waals surface area contributed by atoms with E-state index in [4.69, 9.17) is 0 Å². The molecule has 1 aromatic heterocycles. The average molecular weight is 300 g/mol. The summed E-state index contributed by atoms with van der Waals surface area (Å²) in [7, 11) is 0. The lowest BCUT2D eigenvalue weighted by molar-refractivity contribution is 0.477. The molecule has 3 rings (SSSR count). The zero-order chi connectivity index (χ0) is 14.7. The zero-order valence-electron chi connectivity index (χ0n) is 12.5. The SMILES string of the molecule is CC1NC(C#Cc2cnc(N3CCCCC3C)nc2)=CS1. The molecule has 2 unspecified atom stereocenters. The van der Waals surface area contributed by atoms with Crippen molar-refractivity contribution in [2.24, 2.45) is 0 Å². The Kier molecular flexibility index (Phi) is 4.35. The number of thioether (sulfide) groups is 1. The second kappa shape index (κ2) is 6.40. The topological polar surface area (TPSA) is 41.1 Å². The van der Waals surface area contributed by atoms with Crippen LogP contribution in [0.4, 0.5) is 5.95 Å². The third-order valence-corrected chi connectivity index (χ3v) is 4.69. The molecular weight excluding hydrogens is 280 g/mol. The lowest BCUT2D eigenvalue weighted by atomic mass is 10.0. The van der Waals surface area contributed by atoms with E-state index in [1.165, 1.54) is 19.3 Å². The van der Waals surface area contributed by atoms with Crippen LogP contribution in [0.25, 0.3) is 0 Å². The van der Waals surface area contributed by atoms with Crippen LogP contribution in [-0.2, 0) is 0 Å². The van der Waals surface area contributed by atoms with Crippen LogP contribution in [0.15, 0.2) is 23.5 Å². The summed E-state index contributed by atoms with van der Waals surface area (Å²) in [6.45, 7) is 5.42. The van der Waals surface area contributed by atoms with E-state index in [1.807, 2.05) is 12.4 Å². The largest absolute Gasteiger partial charge is 0.366 e. The maximum atomic E-state index is 4.48. The van der Waals surface area contributed by atoms with Crippen molar-refractivity contribution < 1.29 is 0 Å². The van der Waals surface area contributed by atoms with Gasteiger partial charge in [-0.3, -0.25) is 0 Å². The molecule has 2 aliphatic rings. The van der Waals surface area contributed by atoms with E-state index in [1.54, 1.807) is 11.8 Å². The molecule has 3 heterocycles. The highest BCUT2D eigenvalue weighted by Gasteiger charge is 2.20.